The molecule has 2 saturated heterocycles. The summed E-state index contributed by atoms with van der Waals surface area (Å²) >= 11 is 0. The lowest BCUT2D eigenvalue weighted by Gasteiger charge is -2.46. The molecule has 2 fully saturated rings. The van der Waals surface area contributed by atoms with Crippen LogP contribution in [0.5, 0.6) is 0 Å². The van der Waals surface area contributed by atoms with Gasteiger partial charge in [-0.1, -0.05) is 121 Å². The molecule has 5 atom stereocenters. The van der Waals surface area contributed by atoms with Crippen molar-refractivity contribution in [1.29, 1.82) is 0 Å². The highest BCUT2D eigenvalue weighted by Gasteiger charge is 2.48. The maximum Gasteiger partial charge on any atom is 0.157 e. The summed E-state index contributed by atoms with van der Waals surface area (Å²) in [5.41, 5.74) is 4.35. The molecule has 6 rings (SSSR count). The molecule has 0 radical (unpaired) electrons. The predicted molar refractivity (Wildman–Crippen MR) is 175 cm³/mol. The number of rotatable bonds is 16. The molecule has 242 valence electrons. The maximum absolute atomic E-state index is 6.90. The second-order valence-electron chi connectivity index (χ2n) is 11.7. The molecule has 46 heavy (non-hydrogen) atoms. The van der Waals surface area contributed by atoms with E-state index >= 15 is 0 Å². The summed E-state index contributed by atoms with van der Waals surface area (Å²) in [4.78, 5) is 0. The van der Waals surface area contributed by atoms with Gasteiger partial charge in [-0.2, -0.15) is 0 Å². The van der Waals surface area contributed by atoms with Crippen LogP contribution in [-0.4, -0.2) is 56.6 Å². The summed E-state index contributed by atoms with van der Waals surface area (Å²) in [5.74, 6) is 0. The van der Waals surface area contributed by atoms with E-state index < -0.39 is 18.3 Å². The third-order valence-corrected chi connectivity index (χ3v) is 8.36. The molecular weight excluding hydrogens is 580 g/mol. The van der Waals surface area contributed by atoms with Gasteiger partial charge in [0, 0.05) is 6.42 Å². The van der Waals surface area contributed by atoms with Crippen molar-refractivity contribution in [2.45, 2.75) is 76.1 Å². The third kappa shape index (κ3) is 9.56. The number of hydrogen-bond donors (Lipinski definition) is 0. The first-order chi connectivity index (χ1) is 22.8. The molecule has 7 heteroatoms. The zero-order chi connectivity index (χ0) is 31.2. The fourth-order valence-electron chi connectivity index (χ4n) is 5.99. The van der Waals surface area contributed by atoms with Gasteiger partial charge in [-0.05, 0) is 28.7 Å². The van der Waals surface area contributed by atoms with Gasteiger partial charge in [-0.3, -0.25) is 0 Å². The fraction of sp³-hybridized carbons (Fsp3) is 0.385. The SMILES string of the molecule is c1ccc(COC[C@H]2O[C@@H](CCC3OCCO3)[C@H](OCc3ccccc3)[C@@H](OCc3ccccc3)[C@H]2OCc2ccccc2)cc1. The van der Waals surface area contributed by atoms with Gasteiger partial charge in [0.15, 0.2) is 6.29 Å². The Morgan fingerprint density at radius 1 is 0.457 bits per heavy atom. The smallest absolute Gasteiger partial charge is 0.157 e. The molecule has 2 aliphatic heterocycles. The Morgan fingerprint density at radius 3 is 1.35 bits per heavy atom. The van der Waals surface area contributed by atoms with Crippen LogP contribution in [0.3, 0.4) is 0 Å². The van der Waals surface area contributed by atoms with Crippen molar-refractivity contribution < 1.29 is 33.2 Å². The lowest BCUT2D eigenvalue weighted by Crippen LogP contribution is -2.61. The van der Waals surface area contributed by atoms with Gasteiger partial charge >= 0.3 is 0 Å². The Hall–Kier alpha value is -3.40. The van der Waals surface area contributed by atoms with Gasteiger partial charge in [0.05, 0.1) is 52.4 Å². The van der Waals surface area contributed by atoms with Crippen LogP contribution in [0.15, 0.2) is 121 Å². The first-order valence-electron chi connectivity index (χ1n) is 16.3. The van der Waals surface area contributed by atoms with Gasteiger partial charge in [0.25, 0.3) is 0 Å². The topological polar surface area (TPSA) is 64.6 Å². The highest BCUT2D eigenvalue weighted by atomic mass is 16.7. The lowest BCUT2D eigenvalue weighted by atomic mass is 9.91. The molecule has 0 saturated carbocycles. The van der Waals surface area contributed by atoms with E-state index in [-0.39, 0.29) is 18.5 Å². The summed E-state index contributed by atoms with van der Waals surface area (Å²) in [7, 11) is 0. The van der Waals surface area contributed by atoms with Gasteiger partial charge in [0.2, 0.25) is 0 Å². The quantitative estimate of drug-likeness (QED) is 0.135. The minimum Gasteiger partial charge on any atom is -0.374 e. The van der Waals surface area contributed by atoms with Crippen LogP contribution in [0, 0.1) is 0 Å². The van der Waals surface area contributed by atoms with E-state index in [0.29, 0.717) is 59.1 Å². The van der Waals surface area contributed by atoms with E-state index in [9.17, 15) is 0 Å². The van der Waals surface area contributed by atoms with E-state index in [1.54, 1.807) is 0 Å². The van der Waals surface area contributed by atoms with Crippen molar-refractivity contribution in [3.63, 3.8) is 0 Å². The van der Waals surface area contributed by atoms with E-state index in [1.807, 2.05) is 72.8 Å². The molecule has 2 aliphatic rings. The van der Waals surface area contributed by atoms with Crippen molar-refractivity contribution in [3.8, 4) is 0 Å². The first kappa shape index (κ1) is 32.5. The monoisotopic (exact) mass is 624 g/mol. The van der Waals surface area contributed by atoms with Crippen LogP contribution in [0.25, 0.3) is 0 Å². The Bertz CT molecular complexity index is 1380. The Balaban J connectivity index is 1.27. The lowest BCUT2D eigenvalue weighted by molar-refractivity contribution is -0.275. The fourth-order valence-corrected chi connectivity index (χ4v) is 5.99. The second kappa shape index (κ2) is 17.5. The van der Waals surface area contributed by atoms with Crippen LogP contribution in [-0.2, 0) is 59.6 Å². The molecule has 2 heterocycles. The van der Waals surface area contributed by atoms with Crippen molar-refractivity contribution in [3.05, 3.63) is 144 Å². The highest BCUT2D eigenvalue weighted by Crippen LogP contribution is 2.33. The molecule has 7 nitrogen and oxygen atoms in total. The minimum absolute atomic E-state index is 0.248. The maximum atomic E-state index is 6.90. The average molecular weight is 625 g/mol. The van der Waals surface area contributed by atoms with Crippen molar-refractivity contribution >= 4 is 0 Å². The average Bonchev–Trinajstić information content (AvgIpc) is 3.64. The van der Waals surface area contributed by atoms with Gasteiger partial charge < -0.3 is 33.2 Å². The molecule has 4 aromatic rings. The molecule has 0 spiro atoms. The highest BCUT2D eigenvalue weighted by molar-refractivity contribution is 5.16. The molecule has 4 aromatic carbocycles. The molecule has 0 unspecified atom stereocenters. The zero-order valence-corrected chi connectivity index (χ0v) is 26.2. The van der Waals surface area contributed by atoms with Crippen molar-refractivity contribution in [2.75, 3.05) is 19.8 Å². The predicted octanol–water partition coefficient (Wildman–Crippen LogP) is 6.88. The molecule has 0 aromatic heterocycles. The summed E-state index contributed by atoms with van der Waals surface area (Å²) in [6, 6.07) is 40.8. The van der Waals surface area contributed by atoms with Crippen LogP contribution in [0.2, 0.25) is 0 Å². The van der Waals surface area contributed by atoms with E-state index in [4.69, 9.17) is 33.2 Å². The van der Waals surface area contributed by atoms with E-state index in [0.717, 1.165) is 22.3 Å². The van der Waals surface area contributed by atoms with Crippen molar-refractivity contribution in [2.24, 2.45) is 0 Å². The van der Waals surface area contributed by atoms with Crippen molar-refractivity contribution in [1.82, 2.24) is 0 Å². The minimum atomic E-state index is -0.448. The Labute approximate surface area is 272 Å². The summed E-state index contributed by atoms with van der Waals surface area (Å²) in [6.07, 6.45) is -0.847. The van der Waals surface area contributed by atoms with Gasteiger partial charge in [0.1, 0.15) is 24.4 Å². The number of hydrogen-bond acceptors (Lipinski definition) is 7. The standard InChI is InChI=1S/C39H44O7/c1-5-13-30(14-6-1)25-40-29-35-38(44-27-32-17-9-3-10-18-32)39(45-28-33-19-11-4-12-20-33)37(43-26-31-15-7-2-8-16-31)34(46-35)21-22-36-41-23-24-42-36/h1-20,34-39H,21-29H2/t34-,35+,37-,38-,39+/m0/s1. The molecule has 0 N–H and O–H groups in total. The largest absolute Gasteiger partial charge is 0.374 e. The number of ether oxygens (including phenoxy) is 7. The molecule has 0 amide bonds. The van der Waals surface area contributed by atoms with E-state index in [2.05, 4.69) is 48.5 Å². The van der Waals surface area contributed by atoms with Gasteiger partial charge in [-0.15, -0.1) is 0 Å². The Kier molecular flexibility index (Phi) is 12.4. The van der Waals surface area contributed by atoms with Crippen LogP contribution < -0.4 is 0 Å². The van der Waals surface area contributed by atoms with Crippen LogP contribution in [0.1, 0.15) is 35.1 Å². The third-order valence-electron chi connectivity index (χ3n) is 8.36. The zero-order valence-electron chi connectivity index (χ0n) is 26.2. The first-order valence-corrected chi connectivity index (χ1v) is 16.3. The summed E-state index contributed by atoms with van der Waals surface area (Å²) < 4.78 is 45.1. The molecular formula is C39H44O7. The second-order valence-corrected chi connectivity index (χ2v) is 11.7. The van der Waals surface area contributed by atoms with Crippen LogP contribution in [0.4, 0.5) is 0 Å². The van der Waals surface area contributed by atoms with E-state index in [1.165, 1.54) is 0 Å². The molecule has 0 bridgehead atoms. The van der Waals surface area contributed by atoms with Crippen LogP contribution >= 0.6 is 0 Å². The Morgan fingerprint density at radius 2 is 0.870 bits per heavy atom. The summed E-state index contributed by atoms with van der Waals surface area (Å²) in [5, 5.41) is 0. The van der Waals surface area contributed by atoms with Gasteiger partial charge in [-0.25, -0.2) is 0 Å². The normalized spacial score (nSPS) is 23.4. The molecule has 0 aliphatic carbocycles. The number of benzene rings is 4. The summed E-state index contributed by atoms with van der Waals surface area (Å²) in [6.45, 7) is 3.29.